The summed E-state index contributed by atoms with van der Waals surface area (Å²) in [6, 6.07) is 9.89. The third kappa shape index (κ3) is 5.59. The highest BCUT2D eigenvalue weighted by Crippen LogP contribution is 2.42. The summed E-state index contributed by atoms with van der Waals surface area (Å²) in [6.07, 6.45) is -0.911. The van der Waals surface area contributed by atoms with Crippen LogP contribution in [0.1, 0.15) is 24.8 Å². The first kappa shape index (κ1) is 20.5. The topological polar surface area (TPSA) is 76.1 Å². The molecule has 1 aliphatic heterocycles. The van der Waals surface area contributed by atoms with Crippen molar-refractivity contribution in [3.63, 3.8) is 0 Å². The van der Waals surface area contributed by atoms with Gasteiger partial charge in [-0.15, -0.1) is 11.8 Å². The maximum absolute atomic E-state index is 12.4. The molecule has 0 bridgehead atoms. The van der Waals surface area contributed by atoms with E-state index in [0.29, 0.717) is 13.2 Å². The van der Waals surface area contributed by atoms with Crippen LogP contribution in [0.15, 0.2) is 42.5 Å². The number of hydrogen-bond donors (Lipinski definition) is 1. The van der Waals surface area contributed by atoms with Gasteiger partial charge in [-0.1, -0.05) is 36.9 Å². The molecular formula is C19H25NO5S. The molecule has 7 heteroatoms. The van der Waals surface area contributed by atoms with Crippen LogP contribution in [0, 0.1) is 0 Å². The number of amides is 1. The first-order chi connectivity index (χ1) is 12.4. The molecule has 1 heterocycles. The minimum Gasteiger partial charge on any atom is -0.460 e. The van der Waals surface area contributed by atoms with Crippen LogP contribution in [0.5, 0.6) is 0 Å². The van der Waals surface area contributed by atoms with Crippen LogP contribution in [-0.2, 0) is 19.1 Å². The Balaban J connectivity index is 1.77. The molecule has 26 heavy (non-hydrogen) atoms. The number of aliphatic hydroxyl groups excluding tert-OH is 1. The van der Waals surface area contributed by atoms with Crippen molar-refractivity contribution in [2.24, 2.45) is 0 Å². The van der Waals surface area contributed by atoms with Crippen molar-refractivity contribution in [2.45, 2.75) is 30.6 Å². The first-order valence-electron chi connectivity index (χ1n) is 8.49. The number of ether oxygens (including phenoxy) is 2. The Morgan fingerprint density at radius 1 is 1.35 bits per heavy atom. The van der Waals surface area contributed by atoms with Gasteiger partial charge < -0.3 is 19.5 Å². The zero-order chi connectivity index (χ0) is 19.1. The lowest BCUT2D eigenvalue weighted by atomic mass is 10.2. The van der Waals surface area contributed by atoms with Gasteiger partial charge in [0.15, 0.2) is 0 Å². The maximum atomic E-state index is 12.4. The smallest absolute Gasteiger partial charge is 0.333 e. The number of carbonyl (C=O) groups is 2. The highest BCUT2D eigenvalue weighted by atomic mass is 32.2. The molecule has 0 aliphatic carbocycles. The molecule has 0 saturated carbocycles. The molecule has 1 aliphatic rings. The highest BCUT2D eigenvalue weighted by Gasteiger charge is 2.37. The van der Waals surface area contributed by atoms with Gasteiger partial charge in [0.25, 0.3) is 0 Å². The van der Waals surface area contributed by atoms with E-state index in [1.54, 1.807) is 23.6 Å². The van der Waals surface area contributed by atoms with Crippen molar-refractivity contribution in [1.82, 2.24) is 4.90 Å². The molecule has 0 radical (unpaired) electrons. The number of benzene rings is 1. The van der Waals surface area contributed by atoms with E-state index in [1.165, 1.54) is 0 Å². The number of aliphatic hydroxyl groups is 1. The molecule has 1 saturated heterocycles. The van der Waals surface area contributed by atoms with Crippen LogP contribution in [0.3, 0.4) is 0 Å². The van der Waals surface area contributed by atoms with Gasteiger partial charge in [0, 0.05) is 12.1 Å². The average molecular weight is 379 g/mol. The van der Waals surface area contributed by atoms with Crippen LogP contribution < -0.4 is 0 Å². The molecule has 1 aromatic carbocycles. The molecule has 1 N–H and O–H groups in total. The monoisotopic (exact) mass is 379 g/mol. The molecule has 1 aromatic rings. The Bertz CT molecular complexity index is 636. The molecular weight excluding hydrogens is 354 g/mol. The third-order valence-electron chi connectivity index (χ3n) is 3.87. The van der Waals surface area contributed by atoms with Crippen molar-refractivity contribution in [3.8, 4) is 0 Å². The molecule has 3 unspecified atom stereocenters. The zero-order valence-corrected chi connectivity index (χ0v) is 15.9. The Kier molecular flexibility index (Phi) is 7.68. The molecule has 0 spiro atoms. The largest absolute Gasteiger partial charge is 0.460 e. The molecule has 142 valence electrons. The summed E-state index contributed by atoms with van der Waals surface area (Å²) in [5.41, 5.74) is 1.37. The maximum Gasteiger partial charge on any atom is 0.333 e. The molecule has 6 nitrogen and oxygen atoms in total. The summed E-state index contributed by atoms with van der Waals surface area (Å²) in [4.78, 5) is 25.5. The van der Waals surface area contributed by atoms with Crippen LogP contribution in [-0.4, -0.2) is 59.6 Å². The second-order valence-corrected chi connectivity index (χ2v) is 7.61. The van der Waals surface area contributed by atoms with E-state index < -0.39 is 12.1 Å². The van der Waals surface area contributed by atoms with Gasteiger partial charge in [-0.25, -0.2) is 4.79 Å². The van der Waals surface area contributed by atoms with Gasteiger partial charge in [0.05, 0.1) is 18.5 Å². The van der Waals surface area contributed by atoms with Gasteiger partial charge in [-0.05, 0) is 19.4 Å². The third-order valence-corrected chi connectivity index (χ3v) is 5.27. The van der Waals surface area contributed by atoms with Crippen LogP contribution in [0.25, 0.3) is 0 Å². The van der Waals surface area contributed by atoms with E-state index in [2.05, 4.69) is 6.58 Å². The lowest BCUT2D eigenvalue weighted by molar-refractivity contribution is -0.143. The lowest BCUT2D eigenvalue weighted by Gasteiger charge is -2.24. The Hall–Kier alpha value is -1.83. The fourth-order valence-electron chi connectivity index (χ4n) is 2.50. The predicted octanol–water partition coefficient (Wildman–Crippen LogP) is 2.15. The number of rotatable bonds is 9. The minimum absolute atomic E-state index is 0.0243. The van der Waals surface area contributed by atoms with Crippen molar-refractivity contribution in [3.05, 3.63) is 48.0 Å². The van der Waals surface area contributed by atoms with Crippen molar-refractivity contribution < 1.29 is 24.2 Å². The van der Waals surface area contributed by atoms with E-state index in [0.717, 1.165) is 5.56 Å². The van der Waals surface area contributed by atoms with Crippen LogP contribution in [0.2, 0.25) is 0 Å². The average Bonchev–Trinajstić information content (AvgIpc) is 2.92. The first-order valence-corrected chi connectivity index (χ1v) is 9.43. The molecule has 0 aromatic heterocycles. The number of esters is 1. The summed E-state index contributed by atoms with van der Waals surface area (Å²) in [5, 5.41) is 9.66. The van der Waals surface area contributed by atoms with Crippen molar-refractivity contribution >= 4 is 23.6 Å². The van der Waals surface area contributed by atoms with Gasteiger partial charge in [0.1, 0.15) is 18.1 Å². The Labute approximate surface area is 158 Å². The Morgan fingerprint density at radius 2 is 2.04 bits per heavy atom. The highest BCUT2D eigenvalue weighted by molar-refractivity contribution is 8.01. The fourth-order valence-corrected chi connectivity index (χ4v) is 3.81. The van der Waals surface area contributed by atoms with Gasteiger partial charge >= 0.3 is 5.97 Å². The summed E-state index contributed by atoms with van der Waals surface area (Å²) < 4.78 is 10.3. The van der Waals surface area contributed by atoms with Crippen molar-refractivity contribution in [1.29, 1.82) is 0 Å². The second-order valence-electron chi connectivity index (χ2n) is 6.18. The number of carbonyl (C=O) groups excluding carboxylic acids is 2. The van der Waals surface area contributed by atoms with E-state index in [-0.39, 0.29) is 35.3 Å². The molecule has 3 atom stereocenters. The molecule has 1 amide bonds. The molecule has 1 fully saturated rings. The van der Waals surface area contributed by atoms with Crippen LogP contribution >= 0.6 is 11.8 Å². The predicted molar refractivity (Wildman–Crippen MR) is 101 cm³/mol. The minimum atomic E-state index is -0.911. The summed E-state index contributed by atoms with van der Waals surface area (Å²) in [6.45, 7) is 7.54. The van der Waals surface area contributed by atoms with Gasteiger partial charge in [-0.3, -0.25) is 4.79 Å². The van der Waals surface area contributed by atoms with Crippen molar-refractivity contribution in [2.75, 3.05) is 26.4 Å². The van der Waals surface area contributed by atoms with E-state index >= 15 is 0 Å². The summed E-state index contributed by atoms with van der Waals surface area (Å²) >= 11 is 1.62. The van der Waals surface area contributed by atoms with Gasteiger partial charge in [-0.2, -0.15) is 0 Å². The number of hydrogen-bond acceptors (Lipinski definition) is 6. The molecule has 2 rings (SSSR count). The van der Waals surface area contributed by atoms with E-state index in [9.17, 15) is 14.7 Å². The lowest BCUT2D eigenvalue weighted by Crippen LogP contribution is -2.34. The summed E-state index contributed by atoms with van der Waals surface area (Å²) in [7, 11) is 0. The van der Waals surface area contributed by atoms with E-state index in [4.69, 9.17) is 9.47 Å². The Morgan fingerprint density at radius 3 is 2.69 bits per heavy atom. The number of thioether (sulfide) groups is 1. The van der Waals surface area contributed by atoms with Crippen LogP contribution in [0.4, 0.5) is 0 Å². The summed E-state index contributed by atoms with van der Waals surface area (Å²) in [5.74, 6) is -0.452. The standard InChI is InChI=1S/C19H25NO5S/c1-13(2)19(23)25-12-16(21)11-24-10-9-20-17(22)14(3)26-18(20)15-7-5-4-6-8-15/h4-8,14,16,18,21H,1,9-12H2,2-3H3. The number of nitrogens with zero attached hydrogens (tertiary/aromatic N) is 1. The second kappa shape index (κ2) is 9.75. The fraction of sp³-hybridized carbons (Fsp3) is 0.474. The normalized spacial score (nSPS) is 20.9. The van der Waals surface area contributed by atoms with E-state index in [1.807, 2.05) is 37.3 Å². The quantitative estimate of drug-likeness (QED) is 0.402. The van der Waals surface area contributed by atoms with Gasteiger partial charge in [0.2, 0.25) is 5.91 Å². The zero-order valence-electron chi connectivity index (χ0n) is 15.1. The SMILES string of the molecule is C=C(C)C(=O)OCC(O)COCCN1C(=O)C(C)SC1c1ccccc1.